The lowest BCUT2D eigenvalue weighted by Crippen LogP contribution is -2.36. The van der Waals surface area contributed by atoms with Crippen LogP contribution in [0.5, 0.6) is 0 Å². The summed E-state index contributed by atoms with van der Waals surface area (Å²) in [5, 5.41) is 12.3. The summed E-state index contributed by atoms with van der Waals surface area (Å²) in [7, 11) is -10.4. The molecule has 0 spiro atoms. The van der Waals surface area contributed by atoms with E-state index in [1.807, 2.05) is 0 Å². The van der Waals surface area contributed by atoms with E-state index in [0.29, 0.717) is 6.54 Å². The number of nitrogens with zero attached hydrogens (tertiary/aromatic N) is 3. The van der Waals surface area contributed by atoms with E-state index >= 15 is 0 Å². The first-order chi connectivity index (χ1) is 13.9. The molecular formula is C12H19N5O11P2. The standard InChI is InChI=1S/C12H19N5O11P2/c1-2-13-12-15-9-6(10(19)16-12)14-4-17(9)11-8(28-30(23,24)25)7(5(3-18)26-11)27-29(20,21)22/h4-5,7-8,11,18H,2-3H2,1H3,(H2,20,21,22)(H2,23,24,25)(H2,13,15,16,19)/t5-,7-,8-,11-/m1/s1. The van der Waals surface area contributed by atoms with Crippen LogP contribution in [0.2, 0.25) is 0 Å². The molecule has 18 heteroatoms. The number of phosphoric acid groups is 2. The zero-order valence-corrected chi connectivity index (χ0v) is 17.0. The summed E-state index contributed by atoms with van der Waals surface area (Å²) in [6, 6.07) is 0. The molecular weight excluding hydrogens is 452 g/mol. The van der Waals surface area contributed by atoms with E-state index < -0.39 is 52.4 Å². The van der Waals surface area contributed by atoms with Gasteiger partial charge in [0.05, 0.1) is 12.9 Å². The smallest absolute Gasteiger partial charge is 0.394 e. The van der Waals surface area contributed by atoms with Gasteiger partial charge in [-0.25, -0.2) is 14.1 Å². The molecule has 16 nitrogen and oxygen atoms in total. The lowest BCUT2D eigenvalue weighted by molar-refractivity contribution is -0.0503. The average molecular weight is 471 g/mol. The molecule has 1 aliphatic heterocycles. The Labute approximate surface area is 167 Å². The number of phosphoric ester groups is 2. The molecule has 3 heterocycles. The molecule has 0 aliphatic carbocycles. The van der Waals surface area contributed by atoms with E-state index in [2.05, 4.69) is 29.3 Å². The van der Waals surface area contributed by atoms with Gasteiger partial charge in [-0.1, -0.05) is 0 Å². The van der Waals surface area contributed by atoms with Crippen molar-refractivity contribution in [2.45, 2.75) is 31.5 Å². The highest BCUT2D eigenvalue weighted by atomic mass is 31.2. The van der Waals surface area contributed by atoms with E-state index in [-0.39, 0.29) is 17.1 Å². The molecule has 0 amide bonds. The summed E-state index contributed by atoms with van der Waals surface area (Å²) in [6.07, 6.45) is -5.47. The van der Waals surface area contributed by atoms with Gasteiger partial charge in [-0.05, 0) is 6.92 Å². The summed E-state index contributed by atoms with van der Waals surface area (Å²) >= 11 is 0. The number of hydrogen-bond acceptors (Lipinski definition) is 10. The van der Waals surface area contributed by atoms with Gasteiger partial charge in [0.2, 0.25) is 5.95 Å². The Morgan fingerprint density at radius 2 is 1.87 bits per heavy atom. The van der Waals surface area contributed by atoms with Crippen molar-refractivity contribution >= 4 is 32.8 Å². The Morgan fingerprint density at radius 1 is 1.23 bits per heavy atom. The Morgan fingerprint density at radius 3 is 2.43 bits per heavy atom. The summed E-state index contributed by atoms with van der Waals surface area (Å²) < 4.78 is 38.6. The average Bonchev–Trinajstić information content (AvgIpc) is 3.15. The third-order valence-electron chi connectivity index (χ3n) is 4.03. The molecule has 1 fully saturated rings. The van der Waals surface area contributed by atoms with Crippen LogP contribution in [0.1, 0.15) is 13.2 Å². The van der Waals surface area contributed by atoms with Crippen LogP contribution in [0.4, 0.5) is 5.95 Å². The molecule has 4 atom stereocenters. The molecule has 0 radical (unpaired) electrons. The number of nitrogens with one attached hydrogen (secondary N) is 2. The number of H-pyrrole nitrogens is 1. The fourth-order valence-corrected chi connectivity index (χ4v) is 4.11. The first kappa shape index (κ1) is 23.0. The number of aromatic nitrogens is 4. The van der Waals surface area contributed by atoms with Gasteiger partial charge in [0.25, 0.3) is 5.56 Å². The predicted octanol–water partition coefficient (Wildman–Crippen LogP) is -1.60. The van der Waals surface area contributed by atoms with Crippen molar-refractivity contribution in [2.75, 3.05) is 18.5 Å². The van der Waals surface area contributed by atoms with Gasteiger partial charge in [0, 0.05) is 6.54 Å². The number of fused-ring (bicyclic) bond motifs is 1. The summed E-state index contributed by atoms with van der Waals surface area (Å²) in [5.74, 6) is 0.0731. The van der Waals surface area contributed by atoms with Gasteiger partial charge in [0.1, 0.15) is 18.3 Å². The molecule has 7 N–H and O–H groups in total. The van der Waals surface area contributed by atoms with Crippen molar-refractivity contribution in [1.82, 2.24) is 19.5 Å². The van der Waals surface area contributed by atoms with Crippen molar-refractivity contribution in [3.63, 3.8) is 0 Å². The second-order valence-electron chi connectivity index (χ2n) is 6.14. The van der Waals surface area contributed by atoms with Crippen molar-refractivity contribution in [2.24, 2.45) is 0 Å². The second kappa shape index (κ2) is 8.43. The molecule has 0 aromatic carbocycles. The van der Waals surface area contributed by atoms with Gasteiger partial charge in [0.15, 0.2) is 17.4 Å². The third kappa shape index (κ3) is 4.95. The Bertz CT molecular complexity index is 1060. The lowest BCUT2D eigenvalue weighted by atomic mass is 10.1. The normalized spacial score (nSPS) is 25.1. The molecule has 0 unspecified atom stereocenters. The minimum absolute atomic E-state index is 0.0731. The number of hydrogen-bond donors (Lipinski definition) is 7. The third-order valence-corrected chi connectivity index (χ3v) is 5.07. The number of rotatable bonds is 8. The fourth-order valence-electron chi connectivity index (χ4n) is 3.00. The van der Waals surface area contributed by atoms with E-state index in [0.717, 1.165) is 10.9 Å². The number of imidazole rings is 1. The zero-order chi connectivity index (χ0) is 22.3. The van der Waals surface area contributed by atoms with Crippen LogP contribution >= 0.6 is 15.6 Å². The van der Waals surface area contributed by atoms with E-state index in [1.54, 1.807) is 6.92 Å². The van der Waals surface area contributed by atoms with E-state index in [4.69, 9.17) is 14.5 Å². The van der Waals surface area contributed by atoms with Crippen molar-refractivity contribution in [3.05, 3.63) is 16.7 Å². The van der Waals surface area contributed by atoms with Crippen LogP contribution in [-0.4, -0.2) is 75.7 Å². The second-order valence-corrected chi connectivity index (χ2v) is 8.52. The molecule has 1 aliphatic rings. The SMILES string of the molecule is CCNc1nc2c(ncn2[C@@H]2O[C@H](CO)[C@@H](OP(=O)(O)O)[C@H]2OP(=O)(O)O)c(=O)[nH]1. The number of anilines is 1. The molecule has 3 rings (SSSR count). The van der Waals surface area contributed by atoms with Gasteiger partial charge in [-0.2, -0.15) is 4.98 Å². The van der Waals surface area contributed by atoms with Crippen molar-refractivity contribution < 1.29 is 47.6 Å². The quantitative estimate of drug-likeness (QED) is 0.215. The maximum Gasteiger partial charge on any atom is 0.470 e. The Balaban J connectivity index is 2.11. The monoisotopic (exact) mass is 471 g/mol. The highest BCUT2D eigenvalue weighted by Crippen LogP contribution is 2.49. The largest absolute Gasteiger partial charge is 0.470 e. The van der Waals surface area contributed by atoms with Crippen LogP contribution in [0.15, 0.2) is 11.1 Å². The van der Waals surface area contributed by atoms with Crippen LogP contribution in [0, 0.1) is 0 Å². The van der Waals surface area contributed by atoms with Crippen molar-refractivity contribution in [3.8, 4) is 0 Å². The van der Waals surface area contributed by atoms with E-state index in [1.165, 1.54) is 0 Å². The minimum Gasteiger partial charge on any atom is -0.394 e. The molecule has 0 bridgehead atoms. The lowest BCUT2D eigenvalue weighted by Gasteiger charge is -2.24. The molecule has 168 valence electrons. The van der Waals surface area contributed by atoms with E-state index in [9.17, 15) is 28.8 Å². The summed E-state index contributed by atoms with van der Waals surface area (Å²) in [5.41, 5.74) is -0.843. The molecule has 0 saturated carbocycles. The summed E-state index contributed by atoms with van der Waals surface area (Å²) in [4.78, 5) is 59.5. The van der Waals surface area contributed by atoms with Gasteiger partial charge in [-0.15, -0.1) is 0 Å². The van der Waals surface area contributed by atoms with Gasteiger partial charge >= 0.3 is 15.6 Å². The number of aliphatic hydroxyl groups excluding tert-OH is 1. The topological polar surface area (TPSA) is 239 Å². The number of ether oxygens (including phenoxy) is 1. The first-order valence-corrected chi connectivity index (χ1v) is 11.4. The van der Waals surface area contributed by atoms with Gasteiger partial charge in [-0.3, -0.25) is 23.4 Å². The summed E-state index contributed by atoms with van der Waals surface area (Å²) in [6.45, 7) is 1.34. The Kier molecular flexibility index (Phi) is 6.46. The zero-order valence-electron chi connectivity index (χ0n) is 15.2. The van der Waals surface area contributed by atoms with Crippen LogP contribution in [0.3, 0.4) is 0 Å². The minimum atomic E-state index is -5.21. The van der Waals surface area contributed by atoms with Crippen LogP contribution < -0.4 is 10.9 Å². The molecule has 1 saturated heterocycles. The van der Waals surface area contributed by atoms with Crippen molar-refractivity contribution in [1.29, 1.82) is 0 Å². The molecule has 2 aromatic heterocycles. The predicted molar refractivity (Wildman–Crippen MR) is 97.1 cm³/mol. The fraction of sp³-hybridized carbons (Fsp3) is 0.583. The maximum atomic E-state index is 12.2. The number of aliphatic hydroxyl groups is 1. The highest BCUT2D eigenvalue weighted by molar-refractivity contribution is 7.46. The number of aromatic amines is 1. The first-order valence-electron chi connectivity index (χ1n) is 8.38. The van der Waals surface area contributed by atoms with Crippen LogP contribution in [-0.2, 0) is 22.9 Å². The highest BCUT2D eigenvalue weighted by Gasteiger charge is 2.52. The molecule has 30 heavy (non-hydrogen) atoms. The molecule has 2 aromatic rings. The Hall–Kier alpha value is -1.71. The van der Waals surface area contributed by atoms with Gasteiger partial charge < -0.3 is 34.7 Å². The maximum absolute atomic E-state index is 12.2. The van der Waals surface area contributed by atoms with Crippen LogP contribution in [0.25, 0.3) is 11.2 Å².